The highest BCUT2D eigenvalue weighted by molar-refractivity contribution is 7.12. The second-order valence-electron chi connectivity index (χ2n) is 6.20. The number of hydrogen-bond donors (Lipinski definition) is 1. The highest BCUT2D eigenvalue weighted by atomic mass is 32.1. The predicted octanol–water partition coefficient (Wildman–Crippen LogP) is 4.34. The third-order valence-electron chi connectivity index (χ3n) is 4.51. The lowest BCUT2D eigenvalue weighted by Crippen LogP contribution is -2.29. The number of hydrogen-bond acceptors (Lipinski definition) is 5. The molecule has 4 nitrogen and oxygen atoms in total. The molecule has 0 atom stereocenters. The number of benzene rings is 1. The van der Waals surface area contributed by atoms with Crippen LogP contribution in [0.5, 0.6) is 11.5 Å². The average molecular weight is 357 g/mol. The van der Waals surface area contributed by atoms with Gasteiger partial charge in [-0.3, -0.25) is 9.69 Å². The maximum atomic E-state index is 12.2. The molecule has 2 aromatic rings. The van der Waals surface area contributed by atoms with Crippen LogP contribution in [-0.4, -0.2) is 36.0 Å². The van der Waals surface area contributed by atoms with Crippen molar-refractivity contribution in [1.82, 2.24) is 4.90 Å². The molecule has 0 spiro atoms. The zero-order chi connectivity index (χ0) is 17.6. The highest BCUT2D eigenvalue weighted by Crippen LogP contribution is 2.34. The summed E-state index contributed by atoms with van der Waals surface area (Å²) in [7, 11) is 1.55. The Morgan fingerprint density at radius 3 is 2.76 bits per heavy atom. The van der Waals surface area contributed by atoms with Gasteiger partial charge in [0.25, 0.3) is 0 Å². The van der Waals surface area contributed by atoms with Gasteiger partial charge in [-0.05, 0) is 55.1 Å². The minimum Gasteiger partial charge on any atom is -0.504 e. The van der Waals surface area contributed by atoms with Crippen molar-refractivity contribution in [3.05, 3.63) is 51.7 Å². The number of phenols is 1. The van der Waals surface area contributed by atoms with Gasteiger partial charge in [0, 0.05) is 12.1 Å². The van der Waals surface area contributed by atoms with Crippen LogP contribution in [0.1, 0.15) is 40.1 Å². The minimum absolute atomic E-state index is 0.0192. The fourth-order valence-electron chi connectivity index (χ4n) is 3.12. The van der Waals surface area contributed by atoms with E-state index in [4.69, 9.17) is 4.74 Å². The molecule has 1 aliphatic rings. The van der Waals surface area contributed by atoms with Crippen molar-refractivity contribution in [2.45, 2.75) is 25.8 Å². The smallest absolute Gasteiger partial charge is 0.195 e. The van der Waals surface area contributed by atoms with Crippen molar-refractivity contribution < 1.29 is 14.6 Å². The number of methoxy groups -OCH3 is 1. The average Bonchev–Trinajstić information content (AvgIpc) is 3.18. The Morgan fingerprint density at radius 2 is 2.08 bits per heavy atom. The molecule has 25 heavy (non-hydrogen) atoms. The Labute approximate surface area is 152 Å². The second-order valence-corrected chi connectivity index (χ2v) is 7.14. The van der Waals surface area contributed by atoms with Gasteiger partial charge in [-0.2, -0.15) is 0 Å². The van der Waals surface area contributed by atoms with Crippen LogP contribution >= 0.6 is 11.3 Å². The molecule has 1 N–H and O–H groups in total. The number of likely N-dealkylation sites (tertiary alicyclic amines) is 1. The summed E-state index contributed by atoms with van der Waals surface area (Å²) < 4.78 is 5.26. The molecule has 0 bridgehead atoms. The van der Waals surface area contributed by atoms with Crippen molar-refractivity contribution in [3.63, 3.8) is 0 Å². The summed E-state index contributed by atoms with van der Waals surface area (Å²) >= 11 is 1.43. The van der Waals surface area contributed by atoms with E-state index < -0.39 is 0 Å². The van der Waals surface area contributed by atoms with Crippen molar-refractivity contribution >= 4 is 23.2 Å². The number of nitrogens with zero attached hydrogens (tertiary/aromatic N) is 1. The second kappa shape index (κ2) is 8.32. The molecular formula is C20H23NO3S. The Hall–Kier alpha value is -2.11. The van der Waals surface area contributed by atoms with E-state index in [-0.39, 0.29) is 11.5 Å². The van der Waals surface area contributed by atoms with Crippen molar-refractivity contribution in [2.24, 2.45) is 0 Å². The zero-order valence-corrected chi connectivity index (χ0v) is 15.2. The molecule has 1 fully saturated rings. The van der Waals surface area contributed by atoms with Crippen LogP contribution in [-0.2, 0) is 6.54 Å². The Bertz CT molecular complexity index is 747. The highest BCUT2D eigenvalue weighted by Gasteiger charge is 2.17. The van der Waals surface area contributed by atoms with E-state index in [2.05, 4.69) is 4.90 Å². The number of carbonyl (C=O) groups excluding carboxylic acids is 1. The van der Waals surface area contributed by atoms with Crippen molar-refractivity contribution in [3.8, 4) is 11.5 Å². The van der Waals surface area contributed by atoms with Gasteiger partial charge >= 0.3 is 0 Å². The molecule has 0 saturated carbocycles. The molecular weight excluding hydrogens is 334 g/mol. The Balaban J connectivity index is 1.86. The number of ketones is 1. The molecule has 1 saturated heterocycles. The van der Waals surface area contributed by atoms with Crippen LogP contribution in [0, 0.1) is 0 Å². The van der Waals surface area contributed by atoms with Crippen molar-refractivity contribution in [1.29, 1.82) is 0 Å². The van der Waals surface area contributed by atoms with Gasteiger partial charge in [0.1, 0.15) is 0 Å². The van der Waals surface area contributed by atoms with Gasteiger partial charge in [0.2, 0.25) is 0 Å². The fourth-order valence-corrected chi connectivity index (χ4v) is 3.77. The van der Waals surface area contributed by atoms with E-state index >= 15 is 0 Å². The first-order chi connectivity index (χ1) is 12.2. The zero-order valence-electron chi connectivity index (χ0n) is 14.4. The molecule has 2 heterocycles. The molecule has 0 amide bonds. The van der Waals surface area contributed by atoms with Crippen LogP contribution in [0.3, 0.4) is 0 Å². The predicted molar refractivity (Wildman–Crippen MR) is 101 cm³/mol. The lowest BCUT2D eigenvalue weighted by atomic mass is 10.0. The molecule has 132 valence electrons. The number of ether oxygens (including phenoxy) is 1. The maximum Gasteiger partial charge on any atom is 0.195 e. The Kier molecular flexibility index (Phi) is 5.89. The third-order valence-corrected chi connectivity index (χ3v) is 5.39. The van der Waals surface area contributed by atoms with E-state index in [9.17, 15) is 9.90 Å². The monoisotopic (exact) mass is 357 g/mol. The van der Waals surface area contributed by atoms with Crippen LogP contribution < -0.4 is 4.74 Å². The van der Waals surface area contributed by atoms with Gasteiger partial charge < -0.3 is 9.84 Å². The number of rotatable bonds is 6. The molecule has 1 aliphatic heterocycles. The summed E-state index contributed by atoms with van der Waals surface area (Å²) in [4.78, 5) is 15.3. The van der Waals surface area contributed by atoms with Crippen molar-refractivity contribution in [2.75, 3.05) is 20.2 Å². The topological polar surface area (TPSA) is 49.8 Å². The first-order valence-electron chi connectivity index (χ1n) is 8.56. The SMILES string of the molecule is COc1ccc(/C=C/C(=O)c2cccs2)c(CN2CCCCC2)c1O. The van der Waals surface area contributed by atoms with Gasteiger partial charge in [-0.15, -0.1) is 11.3 Å². The Morgan fingerprint density at radius 1 is 1.28 bits per heavy atom. The quantitative estimate of drug-likeness (QED) is 0.617. The summed E-state index contributed by atoms with van der Waals surface area (Å²) in [5, 5.41) is 12.5. The van der Waals surface area contributed by atoms with Crippen LogP contribution in [0.2, 0.25) is 0 Å². The van der Waals surface area contributed by atoms with E-state index in [0.717, 1.165) is 24.2 Å². The van der Waals surface area contributed by atoms with E-state index in [1.807, 2.05) is 23.6 Å². The number of aromatic hydroxyl groups is 1. The van der Waals surface area contributed by atoms with Crippen LogP contribution in [0.4, 0.5) is 0 Å². The summed E-state index contributed by atoms with van der Waals surface area (Å²) in [6, 6.07) is 7.32. The first-order valence-corrected chi connectivity index (χ1v) is 9.44. The number of phenolic OH excluding ortho intramolecular Hbond substituents is 1. The number of thiophene rings is 1. The van der Waals surface area contributed by atoms with Gasteiger partial charge in [-0.25, -0.2) is 0 Å². The molecule has 0 radical (unpaired) electrons. The van der Waals surface area contributed by atoms with E-state index in [0.29, 0.717) is 17.2 Å². The normalized spacial score (nSPS) is 15.6. The van der Waals surface area contributed by atoms with E-state index in [1.165, 1.54) is 30.6 Å². The summed E-state index contributed by atoms with van der Waals surface area (Å²) in [6.45, 7) is 2.73. The number of allylic oxidation sites excluding steroid dienone is 1. The third kappa shape index (κ3) is 4.30. The standard InChI is InChI=1S/C20H23NO3S/c1-24-18-10-8-15(7-9-17(22)19-6-5-13-25-19)16(20(18)23)14-21-11-3-2-4-12-21/h5-10,13,23H,2-4,11-12,14H2,1H3/b9-7+. The fraction of sp³-hybridized carbons (Fsp3) is 0.350. The summed E-state index contributed by atoms with van der Waals surface area (Å²) in [6.07, 6.45) is 7.01. The molecule has 0 unspecified atom stereocenters. The molecule has 1 aromatic heterocycles. The first kappa shape index (κ1) is 17.7. The number of carbonyl (C=O) groups is 1. The van der Waals surface area contributed by atoms with E-state index in [1.54, 1.807) is 25.3 Å². The lowest BCUT2D eigenvalue weighted by Gasteiger charge is -2.27. The molecule has 5 heteroatoms. The van der Waals surface area contributed by atoms with Crippen LogP contribution in [0.25, 0.3) is 6.08 Å². The van der Waals surface area contributed by atoms with Gasteiger partial charge in [-0.1, -0.05) is 24.6 Å². The molecule has 3 rings (SSSR count). The summed E-state index contributed by atoms with van der Waals surface area (Å²) in [5.41, 5.74) is 1.67. The molecule has 1 aromatic carbocycles. The summed E-state index contributed by atoms with van der Waals surface area (Å²) in [5.74, 6) is 0.613. The van der Waals surface area contributed by atoms with Gasteiger partial charge in [0.05, 0.1) is 12.0 Å². The minimum atomic E-state index is -0.0192. The molecule has 0 aliphatic carbocycles. The maximum absolute atomic E-state index is 12.2. The number of piperidine rings is 1. The lowest BCUT2D eigenvalue weighted by molar-refractivity contribution is 0.105. The largest absolute Gasteiger partial charge is 0.504 e. The van der Waals surface area contributed by atoms with Gasteiger partial charge in [0.15, 0.2) is 17.3 Å². The van der Waals surface area contributed by atoms with Crippen LogP contribution in [0.15, 0.2) is 35.7 Å².